The van der Waals surface area contributed by atoms with E-state index in [4.69, 9.17) is 4.98 Å². The number of benzene rings is 2. The number of aryl methyl sites for hydroxylation is 1. The number of nitrogens with zero attached hydrogens (tertiary/aromatic N) is 5. The number of tetrazole rings is 1. The van der Waals surface area contributed by atoms with Gasteiger partial charge in [-0.25, -0.2) is 4.68 Å². The van der Waals surface area contributed by atoms with Gasteiger partial charge in [0.1, 0.15) is 0 Å². The molecule has 1 N–H and O–H groups in total. The molecule has 0 saturated heterocycles. The fourth-order valence-corrected chi connectivity index (χ4v) is 4.35. The molecule has 2 aliphatic carbocycles. The molecular weight excluding hydrogens is 376 g/mol. The van der Waals surface area contributed by atoms with Gasteiger partial charge in [-0.15, -0.1) is 5.10 Å². The lowest BCUT2D eigenvalue weighted by Gasteiger charge is -2.13. The van der Waals surface area contributed by atoms with Crippen LogP contribution in [0.25, 0.3) is 22.3 Å². The summed E-state index contributed by atoms with van der Waals surface area (Å²) in [5, 5.41) is 16.2. The van der Waals surface area contributed by atoms with Crippen LogP contribution < -0.4 is 5.32 Å². The Balaban J connectivity index is 1.37. The van der Waals surface area contributed by atoms with Crippen LogP contribution in [0.5, 0.6) is 0 Å². The molecule has 2 aromatic heterocycles. The van der Waals surface area contributed by atoms with E-state index in [1.54, 1.807) is 0 Å². The van der Waals surface area contributed by atoms with Crippen LogP contribution in [-0.4, -0.2) is 31.1 Å². The minimum absolute atomic E-state index is 0.0920. The van der Waals surface area contributed by atoms with Crippen molar-refractivity contribution in [2.45, 2.75) is 38.1 Å². The van der Waals surface area contributed by atoms with Crippen molar-refractivity contribution in [3.8, 4) is 11.4 Å². The first-order valence-corrected chi connectivity index (χ1v) is 10.4. The number of hydrogen-bond acceptors (Lipinski definition) is 5. The third-order valence-electron chi connectivity index (χ3n) is 5.91. The third-order valence-corrected chi connectivity index (χ3v) is 5.91. The van der Waals surface area contributed by atoms with E-state index in [9.17, 15) is 4.79 Å². The van der Waals surface area contributed by atoms with Crippen molar-refractivity contribution in [3.05, 3.63) is 65.4 Å². The van der Waals surface area contributed by atoms with Gasteiger partial charge in [0.15, 0.2) is 5.82 Å². The van der Waals surface area contributed by atoms with Crippen LogP contribution in [0.1, 0.15) is 46.9 Å². The SMILES string of the molecule is O=C(Nc1cccc(-c2nnnn2C2CC2)c1)c1c2c(nc3ccccc13)CCC2. The number of aromatic nitrogens is 5. The van der Waals surface area contributed by atoms with Gasteiger partial charge in [0.2, 0.25) is 0 Å². The Labute approximate surface area is 173 Å². The Morgan fingerprint density at radius 1 is 1.07 bits per heavy atom. The Hall–Kier alpha value is -3.61. The molecule has 4 aromatic rings. The number of nitrogens with one attached hydrogen (secondary N) is 1. The molecule has 7 nitrogen and oxygen atoms in total. The topological polar surface area (TPSA) is 85.6 Å². The van der Waals surface area contributed by atoms with Crippen LogP contribution in [-0.2, 0) is 12.8 Å². The molecule has 7 heteroatoms. The van der Waals surface area contributed by atoms with Crippen LogP contribution in [0.3, 0.4) is 0 Å². The summed E-state index contributed by atoms with van der Waals surface area (Å²) in [6.45, 7) is 0. The zero-order valence-electron chi connectivity index (χ0n) is 16.4. The van der Waals surface area contributed by atoms with Crippen molar-refractivity contribution >= 4 is 22.5 Å². The lowest BCUT2D eigenvalue weighted by Crippen LogP contribution is -2.16. The summed E-state index contributed by atoms with van der Waals surface area (Å²) < 4.78 is 1.88. The molecule has 1 saturated carbocycles. The lowest BCUT2D eigenvalue weighted by atomic mass is 10.0. The van der Waals surface area contributed by atoms with Crippen molar-refractivity contribution in [1.82, 2.24) is 25.2 Å². The van der Waals surface area contributed by atoms with Crippen LogP contribution in [0.2, 0.25) is 0 Å². The largest absolute Gasteiger partial charge is 0.322 e. The van der Waals surface area contributed by atoms with Gasteiger partial charge in [-0.3, -0.25) is 9.78 Å². The molecule has 1 fully saturated rings. The van der Waals surface area contributed by atoms with Crippen molar-refractivity contribution in [2.75, 3.05) is 5.32 Å². The molecule has 1 amide bonds. The van der Waals surface area contributed by atoms with Gasteiger partial charge in [-0.05, 0) is 66.3 Å². The molecule has 0 atom stereocenters. The number of rotatable bonds is 4. The summed E-state index contributed by atoms with van der Waals surface area (Å²) >= 11 is 0. The predicted octanol–water partition coefficient (Wildman–Crippen LogP) is 3.96. The van der Waals surface area contributed by atoms with E-state index in [0.717, 1.165) is 76.9 Å². The first kappa shape index (κ1) is 17.3. The Kier molecular flexibility index (Phi) is 3.87. The highest BCUT2D eigenvalue weighted by Crippen LogP contribution is 2.37. The summed E-state index contributed by atoms with van der Waals surface area (Å²) in [6, 6.07) is 16.0. The molecule has 0 unspecified atom stereocenters. The molecule has 0 spiro atoms. The maximum absolute atomic E-state index is 13.4. The number of hydrogen-bond donors (Lipinski definition) is 1. The maximum atomic E-state index is 13.4. The summed E-state index contributed by atoms with van der Waals surface area (Å²) in [5.41, 5.74) is 5.39. The Morgan fingerprint density at radius 2 is 1.97 bits per heavy atom. The van der Waals surface area contributed by atoms with Crippen molar-refractivity contribution in [1.29, 1.82) is 0 Å². The standard InChI is InChI=1S/C23H20N6O/c30-23(21-17-7-1-2-9-19(17)25-20-10-4-8-18(20)21)24-15-6-3-5-14(13-15)22-26-27-28-29(22)16-11-12-16/h1-3,5-7,9,13,16H,4,8,10-12H2,(H,24,30). The summed E-state index contributed by atoms with van der Waals surface area (Å²) in [7, 11) is 0. The maximum Gasteiger partial charge on any atom is 0.256 e. The van der Waals surface area contributed by atoms with E-state index < -0.39 is 0 Å². The van der Waals surface area contributed by atoms with E-state index in [1.165, 1.54) is 0 Å². The number of fused-ring (bicyclic) bond motifs is 2. The van der Waals surface area contributed by atoms with Gasteiger partial charge in [-0.1, -0.05) is 30.3 Å². The highest BCUT2D eigenvalue weighted by atomic mass is 16.1. The Bertz CT molecular complexity index is 1290. The van der Waals surface area contributed by atoms with Gasteiger partial charge in [0, 0.05) is 22.3 Å². The van der Waals surface area contributed by atoms with E-state index in [-0.39, 0.29) is 5.91 Å². The number of carbonyl (C=O) groups is 1. The molecule has 30 heavy (non-hydrogen) atoms. The molecule has 6 rings (SSSR count). The summed E-state index contributed by atoms with van der Waals surface area (Å²) in [5.74, 6) is 0.648. The summed E-state index contributed by atoms with van der Waals surface area (Å²) in [4.78, 5) is 18.2. The second kappa shape index (κ2) is 6.73. The van der Waals surface area contributed by atoms with Gasteiger partial charge < -0.3 is 5.32 Å². The average Bonchev–Trinajstić information content (AvgIpc) is 3.30. The highest BCUT2D eigenvalue weighted by molar-refractivity contribution is 6.13. The van der Waals surface area contributed by atoms with Gasteiger partial charge in [-0.2, -0.15) is 0 Å². The first-order valence-electron chi connectivity index (χ1n) is 10.4. The molecule has 148 valence electrons. The zero-order valence-corrected chi connectivity index (χ0v) is 16.4. The Morgan fingerprint density at radius 3 is 2.87 bits per heavy atom. The number of para-hydroxylation sites is 1. The van der Waals surface area contributed by atoms with Gasteiger partial charge >= 0.3 is 0 Å². The van der Waals surface area contributed by atoms with Crippen molar-refractivity contribution < 1.29 is 4.79 Å². The molecule has 2 aromatic carbocycles. The molecule has 0 radical (unpaired) electrons. The van der Waals surface area contributed by atoms with E-state index in [1.807, 2.05) is 53.2 Å². The van der Waals surface area contributed by atoms with E-state index in [2.05, 4.69) is 20.8 Å². The van der Waals surface area contributed by atoms with E-state index >= 15 is 0 Å². The number of pyridine rings is 1. The minimum Gasteiger partial charge on any atom is -0.322 e. The highest BCUT2D eigenvalue weighted by Gasteiger charge is 2.28. The zero-order chi connectivity index (χ0) is 20.1. The molecular formula is C23H20N6O. The lowest BCUT2D eigenvalue weighted by molar-refractivity contribution is 0.102. The van der Waals surface area contributed by atoms with Crippen molar-refractivity contribution in [3.63, 3.8) is 0 Å². The molecule has 2 aliphatic rings. The smallest absolute Gasteiger partial charge is 0.256 e. The van der Waals surface area contributed by atoms with Gasteiger partial charge in [0.05, 0.1) is 17.1 Å². The fourth-order valence-electron chi connectivity index (χ4n) is 4.35. The number of anilines is 1. The normalized spacial score (nSPS) is 15.3. The minimum atomic E-state index is -0.0920. The van der Waals surface area contributed by atoms with Crippen molar-refractivity contribution in [2.24, 2.45) is 0 Å². The monoisotopic (exact) mass is 396 g/mol. The quantitative estimate of drug-likeness (QED) is 0.564. The second-order valence-corrected chi connectivity index (χ2v) is 8.00. The average molecular weight is 396 g/mol. The second-order valence-electron chi connectivity index (χ2n) is 8.00. The van der Waals surface area contributed by atoms with Crippen LogP contribution in [0.4, 0.5) is 5.69 Å². The first-order chi connectivity index (χ1) is 14.8. The number of carbonyl (C=O) groups excluding carboxylic acids is 1. The third kappa shape index (κ3) is 2.85. The van der Waals surface area contributed by atoms with Crippen LogP contribution in [0.15, 0.2) is 48.5 Å². The van der Waals surface area contributed by atoms with Gasteiger partial charge in [0.25, 0.3) is 5.91 Å². The van der Waals surface area contributed by atoms with Crippen LogP contribution >= 0.6 is 0 Å². The van der Waals surface area contributed by atoms with E-state index in [0.29, 0.717) is 6.04 Å². The fraction of sp³-hybridized carbons (Fsp3) is 0.261. The van der Waals surface area contributed by atoms with Crippen LogP contribution in [0, 0.1) is 0 Å². The number of amides is 1. The summed E-state index contributed by atoms with van der Waals surface area (Å²) in [6.07, 6.45) is 5.08. The predicted molar refractivity (Wildman–Crippen MR) is 113 cm³/mol. The molecule has 0 bridgehead atoms. The molecule has 2 heterocycles. The molecule has 0 aliphatic heterocycles.